The van der Waals surface area contributed by atoms with E-state index in [-0.39, 0.29) is 0 Å². The van der Waals surface area contributed by atoms with Gasteiger partial charge in [-0.1, -0.05) is 24.3 Å². The zero-order chi connectivity index (χ0) is 18.2. The van der Waals surface area contributed by atoms with E-state index in [9.17, 15) is 0 Å². The average molecular weight is 359 g/mol. The lowest BCUT2D eigenvalue weighted by Gasteiger charge is -2.08. The van der Waals surface area contributed by atoms with Gasteiger partial charge in [0.1, 0.15) is 16.8 Å². The van der Waals surface area contributed by atoms with Crippen LogP contribution in [0.4, 0.5) is 0 Å². The summed E-state index contributed by atoms with van der Waals surface area (Å²) in [6, 6.07) is 20.8. The molecule has 0 spiro atoms. The molecule has 1 N–H and O–H groups in total. The van der Waals surface area contributed by atoms with Crippen LogP contribution in [0.25, 0.3) is 60.4 Å². The molecule has 0 aliphatic heterocycles. The minimum atomic E-state index is 0.833. The molecular weight excluding hydrogens is 346 g/mol. The van der Waals surface area contributed by atoms with Crippen molar-refractivity contribution in [3.8, 4) is 0 Å². The van der Waals surface area contributed by atoms with Crippen molar-refractivity contribution >= 4 is 60.4 Å². The summed E-state index contributed by atoms with van der Waals surface area (Å²) in [5.41, 5.74) is 5.72. The van der Waals surface area contributed by atoms with Crippen molar-refractivity contribution < 1.29 is 0 Å². The van der Waals surface area contributed by atoms with Crippen molar-refractivity contribution in [1.29, 1.82) is 0 Å². The van der Waals surface area contributed by atoms with Crippen LogP contribution in [0.3, 0.4) is 0 Å². The van der Waals surface area contributed by atoms with Crippen molar-refractivity contribution in [2.75, 3.05) is 0 Å². The first-order valence-corrected chi connectivity index (χ1v) is 9.23. The van der Waals surface area contributed by atoms with E-state index >= 15 is 0 Å². The minimum absolute atomic E-state index is 0.833. The Morgan fingerprint density at radius 3 is 2.36 bits per heavy atom. The molecule has 5 aromatic heterocycles. The van der Waals surface area contributed by atoms with Crippen LogP contribution in [0.2, 0.25) is 0 Å². The Labute approximate surface area is 158 Å². The van der Waals surface area contributed by atoms with Crippen LogP contribution < -0.4 is 0 Å². The molecule has 28 heavy (non-hydrogen) atoms. The number of hydrogen-bond donors (Lipinski definition) is 1. The topological polar surface area (TPSA) is 58.9 Å². The van der Waals surface area contributed by atoms with Crippen LogP contribution in [0.1, 0.15) is 0 Å². The van der Waals surface area contributed by atoms with Gasteiger partial charge in [-0.05, 0) is 36.4 Å². The molecule has 0 radical (unpaired) electrons. The summed E-state index contributed by atoms with van der Waals surface area (Å²) in [5, 5.41) is 5.78. The third-order valence-electron chi connectivity index (χ3n) is 5.61. The summed E-state index contributed by atoms with van der Waals surface area (Å²) >= 11 is 0. The molecule has 5 heterocycles. The summed E-state index contributed by atoms with van der Waals surface area (Å²) in [5.74, 6) is 0. The highest BCUT2D eigenvalue weighted by Gasteiger charge is 2.18. The molecule has 0 saturated carbocycles. The maximum absolute atomic E-state index is 4.90. The molecule has 0 unspecified atom stereocenters. The van der Waals surface area contributed by atoms with Gasteiger partial charge in [0.05, 0.1) is 5.52 Å². The van der Waals surface area contributed by atoms with E-state index in [0.717, 1.165) is 49.7 Å². The van der Waals surface area contributed by atoms with Crippen LogP contribution in [-0.2, 0) is 0 Å². The molecule has 7 rings (SSSR count). The maximum atomic E-state index is 4.90. The number of benzene rings is 2. The fourth-order valence-corrected chi connectivity index (χ4v) is 4.45. The van der Waals surface area contributed by atoms with Gasteiger partial charge in [0, 0.05) is 44.8 Å². The van der Waals surface area contributed by atoms with Crippen LogP contribution in [0, 0.1) is 0 Å². The van der Waals surface area contributed by atoms with E-state index in [0.29, 0.717) is 0 Å². The first kappa shape index (κ1) is 14.1. The molecule has 0 saturated heterocycles. The smallest absolute Gasteiger partial charge is 0.166 e. The van der Waals surface area contributed by atoms with Crippen LogP contribution in [-0.4, -0.2) is 24.3 Å². The number of H-pyrrole nitrogens is 1. The third kappa shape index (κ3) is 1.60. The van der Waals surface area contributed by atoms with E-state index in [2.05, 4.69) is 56.8 Å². The average Bonchev–Trinajstić information content (AvgIpc) is 3.32. The summed E-state index contributed by atoms with van der Waals surface area (Å²) in [4.78, 5) is 17.8. The Morgan fingerprint density at radius 1 is 0.643 bits per heavy atom. The minimum Gasteiger partial charge on any atom is -0.354 e. The van der Waals surface area contributed by atoms with Gasteiger partial charge in [-0.25, -0.2) is 15.0 Å². The lowest BCUT2D eigenvalue weighted by molar-refractivity contribution is 1.20. The number of pyridine rings is 3. The fraction of sp³-hybridized carbons (Fsp3) is 0. The Balaban J connectivity index is 1.87. The molecule has 0 bridgehead atoms. The standard InChI is InChI=1S/C23H13N5/c1-2-7-17-13(5-1)14-9-10-16-19(20(14)26-17)15-6-3-11-24-21(15)28-22(16)27-18-8-4-12-25-23(18)28/h1-12,26H. The van der Waals surface area contributed by atoms with Crippen LogP contribution >= 0.6 is 0 Å². The highest BCUT2D eigenvalue weighted by molar-refractivity contribution is 6.26. The largest absolute Gasteiger partial charge is 0.354 e. The van der Waals surface area contributed by atoms with Crippen molar-refractivity contribution in [3.63, 3.8) is 0 Å². The molecule has 5 heteroatoms. The first-order valence-electron chi connectivity index (χ1n) is 9.23. The van der Waals surface area contributed by atoms with E-state index in [4.69, 9.17) is 9.97 Å². The number of nitrogens with one attached hydrogen (secondary N) is 1. The molecule has 2 aromatic carbocycles. The molecule has 7 aromatic rings. The number of rotatable bonds is 0. The molecule has 0 aliphatic carbocycles. The van der Waals surface area contributed by atoms with Gasteiger partial charge in [-0.3, -0.25) is 4.40 Å². The third-order valence-corrected chi connectivity index (χ3v) is 5.61. The van der Waals surface area contributed by atoms with Gasteiger partial charge >= 0.3 is 0 Å². The second kappa shape index (κ2) is 4.84. The number of imidazole rings is 1. The lowest BCUT2D eigenvalue weighted by atomic mass is 10.0. The van der Waals surface area contributed by atoms with Crippen LogP contribution in [0.5, 0.6) is 0 Å². The predicted octanol–water partition coefficient (Wildman–Crippen LogP) is 5.22. The van der Waals surface area contributed by atoms with E-state index < -0.39 is 0 Å². The number of aromatic amines is 1. The lowest BCUT2D eigenvalue weighted by Crippen LogP contribution is -1.95. The summed E-state index contributed by atoms with van der Waals surface area (Å²) in [6.45, 7) is 0. The second-order valence-corrected chi connectivity index (χ2v) is 7.07. The zero-order valence-electron chi connectivity index (χ0n) is 14.7. The molecule has 0 amide bonds. The number of hydrogen-bond acceptors (Lipinski definition) is 3. The van der Waals surface area contributed by atoms with Gasteiger partial charge in [0.2, 0.25) is 0 Å². The Bertz CT molecular complexity index is 1720. The molecule has 0 fully saturated rings. The maximum Gasteiger partial charge on any atom is 0.166 e. The molecule has 0 aliphatic rings. The van der Waals surface area contributed by atoms with Crippen molar-refractivity contribution in [2.45, 2.75) is 0 Å². The molecule has 5 nitrogen and oxygen atoms in total. The van der Waals surface area contributed by atoms with Gasteiger partial charge < -0.3 is 4.98 Å². The van der Waals surface area contributed by atoms with E-state index in [1.165, 1.54) is 10.8 Å². The van der Waals surface area contributed by atoms with Crippen LogP contribution in [0.15, 0.2) is 73.1 Å². The predicted molar refractivity (Wildman–Crippen MR) is 113 cm³/mol. The summed E-state index contributed by atoms with van der Waals surface area (Å²) in [6.07, 6.45) is 3.63. The number of fused-ring (bicyclic) bond motifs is 12. The van der Waals surface area contributed by atoms with Gasteiger partial charge in [-0.15, -0.1) is 0 Å². The Morgan fingerprint density at radius 2 is 1.39 bits per heavy atom. The quantitative estimate of drug-likeness (QED) is 0.378. The van der Waals surface area contributed by atoms with E-state index in [1.807, 2.05) is 24.4 Å². The molecular formula is C23H13N5. The van der Waals surface area contributed by atoms with Crippen molar-refractivity contribution in [3.05, 3.63) is 73.1 Å². The highest BCUT2D eigenvalue weighted by atomic mass is 15.1. The Hall–Kier alpha value is -3.99. The molecule has 130 valence electrons. The Kier molecular flexibility index (Phi) is 2.44. The van der Waals surface area contributed by atoms with Crippen molar-refractivity contribution in [1.82, 2.24) is 24.3 Å². The zero-order valence-corrected chi connectivity index (χ0v) is 14.7. The SMILES string of the molecule is c1cnc2c(c1)nc1c3ccc4c5ccccc5[nH]c4c3c3cccnc3n21. The summed E-state index contributed by atoms with van der Waals surface area (Å²) < 4.78 is 2.07. The van der Waals surface area contributed by atoms with Gasteiger partial charge in [-0.2, -0.15) is 0 Å². The normalized spacial score (nSPS) is 12.3. The highest BCUT2D eigenvalue weighted by Crippen LogP contribution is 2.37. The number of para-hydroxylation sites is 1. The number of nitrogens with zero attached hydrogens (tertiary/aromatic N) is 4. The first-order chi connectivity index (χ1) is 13.9. The summed E-state index contributed by atoms with van der Waals surface area (Å²) in [7, 11) is 0. The van der Waals surface area contributed by atoms with Crippen molar-refractivity contribution in [2.24, 2.45) is 0 Å². The fourth-order valence-electron chi connectivity index (χ4n) is 4.45. The van der Waals surface area contributed by atoms with Gasteiger partial charge in [0.25, 0.3) is 0 Å². The monoisotopic (exact) mass is 359 g/mol. The van der Waals surface area contributed by atoms with E-state index in [1.54, 1.807) is 6.20 Å². The van der Waals surface area contributed by atoms with Gasteiger partial charge in [0.15, 0.2) is 5.65 Å². The number of aromatic nitrogens is 5. The molecule has 0 atom stereocenters. The second-order valence-electron chi connectivity index (χ2n) is 7.07.